The van der Waals surface area contributed by atoms with Crippen LogP contribution in [0.25, 0.3) is 0 Å². The van der Waals surface area contributed by atoms with E-state index in [9.17, 15) is 9.18 Å². The molecule has 0 aliphatic rings. The molecule has 1 aromatic rings. The number of carbonyl (C=O) groups excluding carboxylic acids is 1. The van der Waals surface area contributed by atoms with Gasteiger partial charge in [0.25, 0.3) is 5.91 Å². The highest BCUT2D eigenvalue weighted by Gasteiger charge is 2.17. The first kappa shape index (κ1) is 13.4. The Morgan fingerprint density at radius 1 is 1.53 bits per heavy atom. The molecule has 0 unspecified atom stereocenters. The van der Waals surface area contributed by atoms with Gasteiger partial charge in [0.15, 0.2) is 11.6 Å². The summed E-state index contributed by atoms with van der Waals surface area (Å²) in [5.41, 5.74) is 5.31. The first-order valence-corrected chi connectivity index (χ1v) is 5.73. The minimum atomic E-state index is -0.736. The van der Waals surface area contributed by atoms with Crippen LogP contribution in [0, 0.1) is 5.82 Å². The van der Waals surface area contributed by atoms with E-state index in [4.69, 9.17) is 5.73 Å². The highest BCUT2D eigenvalue weighted by molar-refractivity contribution is 5.94. The van der Waals surface area contributed by atoms with E-state index >= 15 is 0 Å². The highest BCUT2D eigenvalue weighted by Crippen LogP contribution is 2.14. The average Bonchev–Trinajstić information content (AvgIpc) is 2.32. The Labute approximate surface area is 101 Å². The summed E-state index contributed by atoms with van der Waals surface area (Å²) in [5, 5.41) is 0. The van der Waals surface area contributed by atoms with E-state index < -0.39 is 5.82 Å². The second-order valence-electron chi connectivity index (χ2n) is 3.99. The lowest BCUT2D eigenvalue weighted by atomic mass is 10.2. The Bertz CT molecular complexity index is 395. The van der Waals surface area contributed by atoms with Crippen molar-refractivity contribution < 1.29 is 9.18 Å². The number of hydrogen-bond donors (Lipinski definition) is 1. The van der Waals surface area contributed by atoms with E-state index in [2.05, 4.69) is 11.9 Å². The largest absolute Gasteiger partial charge is 0.381 e. The van der Waals surface area contributed by atoms with Crippen LogP contribution in [0.15, 0.2) is 12.3 Å². The fraction of sp³-hybridized carbons (Fsp3) is 0.500. The first-order chi connectivity index (χ1) is 8.07. The maximum absolute atomic E-state index is 13.6. The second kappa shape index (κ2) is 6.18. The Kier molecular flexibility index (Phi) is 4.87. The fourth-order valence-corrected chi connectivity index (χ4v) is 1.53. The summed E-state index contributed by atoms with van der Waals surface area (Å²) < 4.78 is 13.6. The summed E-state index contributed by atoms with van der Waals surface area (Å²) in [7, 11) is 1.66. The van der Waals surface area contributed by atoms with E-state index in [-0.39, 0.29) is 17.3 Å². The third-order valence-corrected chi connectivity index (χ3v) is 2.59. The maximum Gasteiger partial charge on any atom is 0.256 e. The van der Waals surface area contributed by atoms with Crippen molar-refractivity contribution in [1.29, 1.82) is 0 Å². The molecular formula is C12H18FN3O. The van der Waals surface area contributed by atoms with Gasteiger partial charge in [-0.05, 0) is 12.5 Å². The number of carbonyl (C=O) groups is 1. The Balaban J connectivity index is 2.71. The first-order valence-electron chi connectivity index (χ1n) is 5.73. The van der Waals surface area contributed by atoms with Gasteiger partial charge in [0.2, 0.25) is 0 Å². The zero-order valence-corrected chi connectivity index (χ0v) is 10.2. The molecule has 2 N–H and O–H groups in total. The number of halogens is 1. The van der Waals surface area contributed by atoms with Gasteiger partial charge in [-0.15, -0.1) is 0 Å². The van der Waals surface area contributed by atoms with Crippen LogP contribution in [-0.4, -0.2) is 29.4 Å². The molecule has 0 aliphatic heterocycles. The summed E-state index contributed by atoms with van der Waals surface area (Å²) in [5.74, 6) is -1.33. The van der Waals surface area contributed by atoms with Gasteiger partial charge in [-0.3, -0.25) is 4.79 Å². The maximum atomic E-state index is 13.6. The second-order valence-corrected chi connectivity index (χ2v) is 3.99. The minimum absolute atomic E-state index is 0.0171. The molecule has 0 fully saturated rings. The number of rotatable bonds is 5. The number of nitrogens with two attached hydrogens (primary N) is 1. The number of nitrogens with zero attached hydrogens (tertiary/aromatic N) is 2. The lowest BCUT2D eigenvalue weighted by Gasteiger charge is -2.17. The predicted molar refractivity (Wildman–Crippen MR) is 65.1 cm³/mol. The number of anilines is 1. The molecule has 1 aromatic heterocycles. The smallest absolute Gasteiger partial charge is 0.256 e. The van der Waals surface area contributed by atoms with Crippen LogP contribution < -0.4 is 5.73 Å². The number of amides is 1. The number of nitrogen functional groups attached to an aromatic ring is 1. The van der Waals surface area contributed by atoms with Crippen molar-refractivity contribution in [2.75, 3.05) is 19.3 Å². The molecular weight excluding hydrogens is 221 g/mol. The van der Waals surface area contributed by atoms with Crippen molar-refractivity contribution in [2.24, 2.45) is 0 Å². The molecule has 17 heavy (non-hydrogen) atoms. The van der Waals surface area contributed by atoms with Crippen molar-refractivity contribution in [3.8, 4) is 0 Å². The van der Waals surface area contributed by atoms with Crippen LogP contribution in [0.4, 0.5) is 10.2 Å². The molecule has 0 spiro atoms. The van der Waals surface area contributed by atoms with Crippen LogP contribution in [0.2, 0.25) is 0 Å². The summed E-state index contributed by atoms with van der Waals surface area (Å²) in [6.07, 6.45) is 4.39. The number of pyridine rings is 1. The summed E-state index contributed by atoms with van der Waals surface area (Å²) in [6, 6.07) is 1.35. The Morgan fingerprint density at radius 3 is 2.88 bits per heavy atom. The van der Waals surface area contributed by atoms with Crippen molar-refractivity contribution in [2.45, 2.75) is 26.2 Å². The van der Waals surface area contributed by atoms with Crippen LogP contribution in [0.3, 0.4) is 0 Å². The third-order valence-electron chi connectivity index (χ3n) is 2.59. The van der Waals surface area contributed by atoms with Crippen LogP contribution in [0.5, 0.6) is 0 Å². The van der Waals surface area contributed by atoms with Gasteiger partial charge in [-0.25, -0.2) is 9.37 Å². The van der Waals surface area contributed by atoms with Crippen LogP contribution in [0.1, 0.15) is 36.5 Å². The third kappa shape index (κ3) is 3.41. The number of aromatic nitrogens is 1. The van der Waals surface area contributed by atoms with Crippen molar-refractivity contribution in [3.63, 3.8) is 0 Å². The highest BCUT2D eigenvalue weighted by atomic mass is 19.1. The molecule has 0 radical (unpaired) electrons. The van der Waals surface area contributed by atoms with E-state index in [0.29, 0.717) is 6.54 Å². The van der Waals surface area contributed by atoms with Crippen LogP contribution in [-0.2, 0) is 0 Å². The molecule has 0 saturated heterocycles. The quantitative estimate of drug-likeness (QED) is 0.800. The van der Waals surface area contributed by atoms with Gasteiger partial charge in [0.05, 0.1) is 5.56 Å². The molecule has 1 amide bonds. The molecule has 0 aliphatic carbocycles. The number of unbranched alkanes of at least 4 members (excludes halogenated alkanes) is 2. The van der Waals surface area contributed by atoms with Gasteiger partial charge in [-0.1, -0.05) is 19.8 Å². The van der Waals surface area contributed by atoms with E-state index in [1.54, 1.807) is 7.05 Å². The topological polar surface area (TPSA) is 59.2 Å². The van der Waals surface area contributed by atoms with E-state index in [1.807, 2.05) is 0 Å². The lowest BCUT2D eigenvalue weighted by Crippen LogP contribution is -2.28. The Morgan fingerprint density at radius 2 is 2.24 bits per heavy atom. The van der Waals surface area contributed by atoms with Crippen LogP contribution >= 0.6 is 0 Å². The van der Waals surface area contributed by atoms with Crippen molar-refractivity contribution in [1.82, 2.24) is 9.88 Å². The minimum Gasteiger partial charge on any atom is -0.381 e. The van der Waals surface area contributed by atoms with E-state index in [1.165, 1.54) is 17.2 Å². The molecule has 1 rings (SSSR count). The molecule has 0 atom stereocenters. The fourth-order valence-electron chi connectivity index (χ4n) is 1.53. The normalized spacial score (nSPS) is 10.3. The predicted octanol–water partition coefficient (Wildman–Crippen LogP) is 2.07. The standard InChI is InChI=1S/C12H18FN3O/c1-3-4-5-8-16(2)12(17)9-6-7-15-11(14)10(9)13/h6-7H,3-5,8H2,1-2H3,(H2,14,15). The molecule has 0 saturated carbocycles. The summed E-state index contributed by atoms with van der Waals surface area (Å²) in [6.45, 7) is 2.71. The molecule has 1 heterocycles. The SMILES string of the molecule is CCCCCN(C)C(=O)c1ccnc(N)c1F. The lowest BCUT2D eigenvalue weighted by molar-refractivity contribution is 0.0788. The van der Waals surface area contributed by atoms with Gasteiger partial charge in [-0.2, -0.15) is 0 Å². The summed E-state index contributed by atoms with van der Waals surface area (Å²) >= 11 is 0. The number of hydrogen-bond acceptors (Lipinski definition) is 3. The van der Waals surface area contributed by atoms with Gasteiger partial charge < -0.3 is 10.6 Å². The molecule has 94 valence electrons. The molecule has 4 nitrogen and oxygen atoms in total. The van der Waals surface area contributed by atoms with Crippen molar-refractivity contribution >= 4 is 11.7 Å². The van der Waals surface area contributed by atoms with Crippen molar-refractivity contribution in [3.05, 3.63) is 23.6 Å². The van der Waals surface area contributed by atoms with Gasteiger partial charge in [0.1, 0.15) is 0 Å². The molecule has 0 aromatic carbocycles. The average molecular weight is 239 g/mol. The van der Waals surface area contributed by atoms with E-state index in [0.717, 1.165) is 19.3 Å². The zero-order chi connectivity index (χ0) is 12.8. The van der Waals surface area contributed by atoms with Gasteiger partial charge in [0, 0.05) is 19.8 Å². The summed E-state index contributed by atoms with van der Waals surface area (Å²) in [4.78, 5) is 17.0. The Hall–Kier alpha value is -1.65. The molecule has 0 bridgehead atoms. The zero-order valence-electron chi connectivity index (χ0n) is 10.2. The monoisotopic (exact) mass is 239 g/mol. The van der Waals surface area contributed by atoms with Gasteiger partial charge >= 0.3 is 0 Å². The molecule has 5 heteroatoms.